The van der Waals surface area contributed by atoms with Crippen LogP contribution < -0.4 is 5.73 Å². The molecule has 5 heteroatoms. The molecule has 1 unspecified atom stereocenters. The molecule has 1 aliphatic rings. The summed E-state index contributed by atoms with van der Waals surface area (Å²) in [6, 6.07) is 10.1. The molecule has 1 heterocycles. The van der Waals surface area contributed by atoms with Crippen molar-refractivity contribution in [3.8, 4) is 0 Å². The van der Waals surface area contributed by atoms with Crippen molar-refractivity contribution in [2.75, 3.05) is 32.7 Å². The summed E-state index contributed by atoms with van der Waals surface area (Å²) in [6.45, 7) is 6.25. The van der Waals surface area contributed by atoms with Crippen LogP contribution in [0, 0.1) is 0 Å². The Morgan fingerprint density at radius 3 is 2.75 bits per heavy atom. The van der Waals surface area contributed by atoms with Crippen molar-refractivity contribution in [1.82, 2.24) is 9.80 Å². The average molecular weight is 277 g/mol. The number of amides is 1. The van der Waals surface area contributed by atoms with E-state index in [-0.39, 0.29) is 6.09 Å². The zero-order chi connectivity index (χ0) is 14.4. The summed E-state index contributed by atoms with van der Waals surface area (Å²) >= 11 is 0. The van der Waals surface area contributed by atoms with Gasteiger partial charge in [0.1, 0.15) is 6.61 Å². The Morgan fingerprint density at radius 2 is 2.10 bits per heavy atom. The molecule has 0 spiro atoms. The Morgan fingerprint density at radius 1 is 1.35 bits per heavy atom. The van der Waals surface area contributed by atoms with Crippen LogP contribution >= 0.6 is 0 Å². The van der Waals surface area contributed by atoms with Crippen LogP contribution in [-0.2, 0) is 11.3 Å². The second-order valence-electron chi connectivity index (χ2n) is 5.16. The molecule has 110 valence electrons. The van der Waals surface area contributed by atoms with Crippen LogP contribution in [0.2, 0.25) is 0 Å². The quantitative estimate of drug-likeness (QED) is 0.901. The number of piperazine rings is 1. The predicted molar refractivity (Wildman–Crippen MR) is 78.3 cm³/mol. The Kier molecular flexibility index (Phi) is 5.38. The minimum absolute atomic E-state index is 0.229. The molecule has 2 rings (SSSR count). The maximum Gasteiger partial charge on any atom is 0.410 e. The highest BCUT2D eigenvalue weighted by Crippen LogP contribution is 2.11. The number of ether oxygens (including phenoxy) is 1. The number of nitrogens with two attached hydrogens (primary N) is 1. The first-order valence-electron chi connectivity index (χ1n) is 7.10. The zero-order valence-electron chi connectivity index (χ0n) is 12.0. The maximum absolute atomic E-state index is 12.0. The molecule has 1 aromatic rings. The van der Waals surface area contributed by atoms with Crippen LogP contribution in [0.1, 0.15) is 12.5 Å². The molecule has 0 bridgehead atoms. The topological polar surface area (TPSA) is 58.8 Å². The van der Waals surface area contributed by atoms with E-state index < -0.39 is 0 Å². The summed E-state index contributed by atoms with van der Waals surface area (Å²) in [5, 5.41) is 0. The number of carbonyl (C=O) groups is 1. The van der Waals surface area contributed by atoms with E-state index in [1.54, 1.807) is 4.90 Å². The fraction of sp³-hybridized carbons (Fsp3) is 0.533. The third-order valence-electron chi connectivity index (χ3n) is 3.64. The highest BCUT2D eigenvalue weighted by molar-refractivity contribution is 5.67. The number of hydrogen-bond donors (Lipinski definition) is 1. The summed E-state index contributed by atoms with van der Waals surface area (Å²) in [5.41, 5.74) is 6.59. The SMILES string of the molecule is CC1CN(C(=O)OCc2ccccc2)CCN1CCN. The summed E-state index contributed by atoms with van der Waals surface area (Å²) in [7, 11) is 0. The molecular weight excluding hydrogens is 254 g/mol. The molecule has 1 atom stereocenters. The molecule has 0 saturated carbocycles. The third kappa shape index (κ3) is 3.95. The molecule has 20 heavy (non-hydrogen) atoms. The van der Waals surface area contributed by atoms with Crippen molar-refractivity contribution in [2.24, 2.45) is 5.73 Å². The summed E-state index contributed by atoms with van der Waals surface area (Å²) in [4.78, 5) is 16.1. The molecule has 1 saturated heterocycles. The van der Waals surface area contributed by atoms with Gasteiger partial charge in [0.15, 0.2) is 0 Å². The van der Waals surface area contributed by atoms with Crippen LogP contribution in [-0.4, -0.2) is 54.7 Å². The first-order valence-corrected chi connectivity index (χ1v) is 7.10. The zero-order valence-corrected chi connectivity index (χ0v) is 12.0. The minimum atomic E-state index is -0.229. The van der Waals surface area contributed by atoms with Gasteiger partial charge in [-0.1, -0.05) is 30.3 Å². The van der Waals surface area contributed by atoms with Gasteiger partial charge < -0.3 is 15.4 Å². The molecule has 1 amide bonds. The van der Waals surface area contributed by atoms with E-state index in [1.165, 1.54) is 0 Å². The number of benzene rings is 1. The Balaban J connectivity index is 1.79. The molecule has 2 N–H and O–H groups in total. The van der Waals surface area contributed by atoms with E-state index in [0.717, 1.165) is 18.7 Å². The molecule has 5 nitrogen and oxygen atoms in total. The summed E-state index contributed by atoms with van der Waals surface area (Å²) in [5.74, 6) is 0. The van der Waals surface area contributed by atoms with Crippen molar-refractivity contribution in [3.05, 3.63) is 35.9 Å². The van der Waals surface area contributed by atoms with E-state index >= 15 is 0 Å². The largest absolute Gasteiger partial charge is 0.445 e. The van der Waals surface area contributed by atoms with Crippen LogP contribution in [0.15, 0.2) is 30.3 Å². The van der Waals surface area contributed by atoms with Gasteiger partial charge >= 0.3 is 6.09 Å². The van der Waals surface area contributed by atoms with E-state index in [2.05, 4.69) is 11.8 Å². The van der Waals surface area contributed by atoms with Crippen LogP contribution in [0.25, 0.3) is 0 Å². The highest BCUT2D eigenvalue weighted by Gasteiger charge is 2.26. The van der Waals surface area contributed by atoms with Gasteiger partial charge in [-0.25, -0.2) is 4.79 Å². The fourth-order valence-electron chi connectivity index (χ4n) is 2.47. The summed E-state index contributed by atoms with van der Waals surface area (Å²) < 4.78 is 5.35. The van der Waals surface area contributed by atoms with Crippen LogP contribution in [0.5, 0.6) is 0 Å². The Hall–Kier alpha value is -1.59. The molecule has 0 radical (unpaired) electrons. The first-order chi connectivity index (χ1) is 9.70. The normalized spacial score (nSPS) is 19.9. The van der Waals surface area contributed by atoms with E-state index in [9.17, 15) is 4.79 Å². The molecule has 0 aliphatic carbocycles. The van der Waals surface area contributed by atoms with Crippen molar-refractivity contribution in [1.29, 1.82) is 0 Å². The fourth-order valence-corrected chi connectivity index (χ4v) is 2.47. The summed E-state index contributed by atoms with van der Waals surface area (Å²) in [6.07, 6.45) is -0.229. The number of hydrogen-bond acceptors (Lipinski definition) is 4. The highest BCUT2D eigenvalue weighted by atomic mass is 16.6. The first kappa shape index (κ1) is 14.8. The Labute approximate surface area is 120 Å². The van der Waals surface area contributed by atoms with Gasteiger partial charge in [0, 0.05) is 38.8 Å². The van der Waals surface area contributed by atoms with E-state index in [1.807, 2.05) is 30.3 Å². The van der Waals surface area contributed by atoms with E-state index in [4.69, 9.17) is 10.5 Å². The number of carbonyl (C=O) groups excluding carboxylic acids is 1. The standard InChI is InChI=1S/C15H23N3O2/c1-13-11-18(10-9-17(13)8-7-16)15(19)20-12-14-5-3-2-4-6-14/h2-6,13H,7-12,16H2,1H3. The second kappa shape index (κ2) is 7.26. The lowest BCUT2D eigenvalue weighted by atomic mass is 10.2. The molecular formula is C15H23N3O2. The maximum atomic E-state index is 12.0. The van der Waals surface area contributed by atoms with Gasteiger partial charge in [0.05, 0.1) is 0 Å². The predicted octanol–water partition coefficient (Wildman–Crippen LogP) is 1.29. The lowest BCUT2D eigenvalue weighted by Crippen LogP contribution is -2.54. The smallest absolute Gasteiger partial charge is 0.410 e. The van der Waals surface area contributed by atoms with Crippen molar-refractivity contribution in [3.63, 3.8) is 0 Å². The van der Waals surface area contributed by atoms with Gasteiger partial charge in [0.2, 0.25) is 0 Å². The van der Waals surface area contributed by atoms with Crippen LogP contribution in [0.3, 0.4) is 0 Å². The lowest BCUT2D eigenvalue weighted by molar-refractivity contribution is 0.0529. The van der Waals surface area contributed by atoms with Gasteiger partial charge in [-0.05, 0) is 12.5 Å². The van der Waals surface area contributed by atoms with Gasteiger partial charge in [-0.2, -0.15) is 0 Å². The second-order valence-corrected chi connectivity index (χ2v) is 5.16. The molecule has 1 aromatic carbocycles. The van der Waals surface area contributed by atoms with Gasteiger partial charge in [-0.15, -0.1) is 0 Å². The number of rotatable bonds is 4. The molecule has 0 aromatic heterocycles. The Bertz CT molecular complexity index is 424. The van der Waals surface area contributed by atoms with Crippen molar-refractivity contribution in [2.45, 2.75) is 19.6 Å². The average Bonchev–Trinajstić information content (AvgIpc) is 2.48. The minimum Gasteiger partial charge on any atom is -0.445 e. The van der Waals surface area contributed by atoms with Crippen LogP contribution in [0.4, 0.5) is 4.79 Å². The monoisotopic (exact) mass is 277 g/mol. The molecule has 1 fully saturated rings. The number of nitrogens with zero attached hydrogens (tertiary/aromatic N) is 2. The van der Waals surface area contributed by atoms with E-state index in [0.29, 0.717) is 32.3 Å². The molecule has 1 aliphatic heterocycles. The van der Waals surface area contributed by atoms with Crippen molar-refractivity contribution < 1.29 is 9.53 Å². The van der Waals surface area contributed by atoms with Gasteiger partial charge in [-0.3, -0.25) is 4.90 Å². The lowest BCUT2D eigenvalue weighted by Gasteiger charge is -2.39. The van der Waals surface area contributed by atoms with Gasteiger partial charge in [0.25, 0.3) is 0 Å². The third-order valence-corrected chi connectivity index (χ3v) is 3.64. The van der Waals surface area contributed by atoms with Crippen molar-refractivity contribution >= 4 is 6.09 Å².